The molecule has 1 aromatic heterocycles. The van der Waals surface area contributed by atoms with Crippen LogP contribution in [0.5, 0.6) is 0 Å². The molecule has 0 spiro atoms. The molecule has 2 N–H and O–H groups in total. The number of carbonyl (C=O) groups is 2. The van der Waals surface area contributed by atoms with Crippen LogP contribution in [0.2, 0.25) is 5.02 Å². The van der Waals surface area contributed by atoms with Gasteiger partial charge in [0.25, 0.3) is 5.91 Å². The normalized spacial score (nSPS) is 18.6. The number of carbonyl (C=O) groups excluding carboxylic acids is 2. The van der Waals surface area contributed by atoms with E-state index in [-0.39, 0.29) is 18.2 Å². The molecular formula is C12H16ClN5O2. The van der Waals surface area contributed by atoms with Gasteiger partial charge in [0.15, 0.2) is 5.82 Å². The number of hydrogen-bond donors (Lipinski definition) is 2. The lowest BCUT2D eigenvalue weighted by atomic mass is 10.2. The van der Waals surface area contributed by atoms with Crippen molar-refractivity contribution in [3.63, 3.8) is 0 Å². The van der Waals surface area contributed by atoms with Gasteiger partial charge in [-0.25, -0.2) is 4.98 Å². The fourth-order valence-electron chi connectivity index (χ4n) is 1.82. The van der Waals surface area contributed by atoms with Gasteiger partial charge < -0.3 is 10.6 Å². The maximum absolute atomic E-state index is 11.8. The van der Waals surface area contributed by atoms with Gasteiger partial charge in [0, 0.05) is 13.6 Å². The monoisotopic (exact) mass is 297 g/mol. The molecule has 1 saturated heterocycles. The SMILES string of the molecule is CCCNc1ncc(Cl)c(NC2CC(=O)N(C)C2=O)n1. The van der Waals surface area contributed by atoms with E-state index in [1.165, 1.54) is 13.2 Å². The van der Waals surface area contributed by atoms with Crippen molar-refractivity contribution in [3.8, 4) is 0 Å². The van der Waals surface area contributed by atoms with Crippen LogP contribution in [0.3, 0.4) is 0 Å². The van der Waals surface area contributed by atoms with Gasteiger partial charge in [0.1, 0.15) is 11.1 Å². The molecule has 2 heterocycles. The van der Waals surface area contributed by atoms with E-state index in [4.69, 9.17) is 11.6 Å². The van der Waals surface area contributed by atoms with Crippen LogP contribution < -0.4 is 10.6 Å². The first-order chi connectivity index (χ1) is 9.52. The van der Waals surface area contributed by atoms with Crippen molar-refractivity contribution >= 4 is 35.2 Å². The lowest BCUT2D eigenvalue weighted by Crippen LogP contribution is -2.32. The van der Waals surface area contributed by atoms with Gasteiger partial charge in [0.05, 0.1) is 12.6 Å². The molecule has 1 unspecified atom stereocenters. The summed E-state index contributed by atoms with van der Waals surface area (Å²) >= 11 is 6.00. The van der Waals surface area contributed by atoms with Crippen LogP contribution in [0.25, 0.3) is 0 Å². The Hall–Kier alpha value is -1.89. The van der Waals surface area contributed by atoms with Crippen LogP contribution in [-0.4, -0.2) is 46.3 Å². The van der Waals surface area contributed by atoms with Gasteiger partial charge in [0.2, 0.25) is 11.9 Å². The smallest absolute Gasteiger partial charge is 0.251 e. The molecule has 2 rings (SSSR count). The predicted molar refractivity (Wildman–Crippen MR) is 75.6 cm³/mol. The molecule has 20 heavy (non-hydrogen) atoms. The summed E-state index contributed by atoms with van der Waals surface area (Å²) in [5, 5.41) is 6.24. The first-order valence-corrected chi connectivity index (χ1v) is 6.74. The molecule has 1 aromatic rings. The summed E-state index contributed by atoms with van der Waals surface area (Å²) < 4.78 is 0. The number of anilines is 2. The van der Waals surface area contributed by atoms with E-state index in [0.29, 0.717) is 16.8 Å². The molecule has 1 atom stereocenters. The quantitative estimate of drug-likeness (QED) is 0.792. The molecule has 1 fully saturated rings. The van der Waals surface area contributed by atoms with Gasteiger partial charge in [-0.1, -0.05) is 18.5 Å². The van der Waals surface area contributed by atoms with Crippen LogP contribution in [-0.2, 0) is 9.59 Å². The van der Waals surface area contributed by atoms with Gasteiger partial charge in [-0.2, -0.15) is 4.98 Å². The Morgan fingerprint density at radius 1 is 1.50 bits per heavy atom. The third-order valence-corrected chi connectivity index (χ3v) is 3.25. The first-order valence-electron chi connectivity index (χ1n) is 6.36. The van der Waals surface area contributed by atoms with E-state index in [1.807, 2.05) is 6.92 Å². The molecule has 0 saturated carbocycles. The number of likely N-dealkylation sites (tertiary alicyclic amines) is 1. The van der Waals surface area contributed by atoms with Crippen molar-refractivity contribution in [2.45, 2.75) is 25.8 Å². The Labute approximate surface area is 121 Å². The lowest BCUT2D eigenvalue weighted by molar-refractivity contribution is -0.136. The highest BCUT2D eigenvalue weighted by Gasteiger charge is 2.36. The fraction of sp³-hybridized carbons (Fsp3) is 0.500. The molecular weight excluding hydrogens is 282 g/mol. The highest BCUT2D eigenvalue weighted by Crippen LogP contribution is 2.23. The molecule has 1 aliphatic heterocycles. The third-order valence-electron chi connectivity index (χ3n) is 2.97. The van der Waals surface area contributed by atoms with Gasteiger partial charge in [-0.05, 0) is 6.42 Å². The molecule has 1 aliphatic rings. The summed E-state index contributed by atoms with van der Waals surface area (Å²) in [4.78, 5) is 32.6. The minimum absolute atomic E-state index is 0.105. The maximum atomic E-state index is 11.8. The zero-order chi connectivity index (χ0) is 14.7. The van der Waals surface area contributed by atoms with Crippen LogP contribution in [0, 0.1) is 0 Å². The molecule has 108 valence electrons. The molecule has 0 aromatic carbocycles. The van der Waals surface area contributed by atoms with Gasteiger partial charge >= 0.3 is 0 Å². The molecule has 0 aliphatic carbocycles. The highest BCUT2D eigenvalue weighted by atomic mass is 35.5. The number of nitrogens with one attached hydrogen (secondary N) is 2. The van der Waals surface area contributed by atoms with Crippen molar-refractivity contribution in [3.05, 3.63) is 11.2 Å². The zero-order valence-corrected chi connectivity index (χ0v) is 12.1. The Morgan fingerprint density at radius 2 is 2.25 bits per heavy atom. The Kier molecular flexibility index (Phi) is 4.39. The molecule has 7 nitrogen and oxygen atoms in total. The largest absolute Gasteiger partial charge is 0.357 e. The van der Waals surface area contributed by atoms with Crippen LogP contribution in [0.1, 0.15) is 19.8 Å². The van der Waals surface area contributed by atoms with Crippen molar-refractivity contribution in [1.82, 2.24) is 14.9 Å². The number of nitrogens with zero attached hydrogens (tertiary/aromatic N) is 3. The Bertz CT molecular complexity index is 537. The van der Waals surface area contributed by atoms with Crippen molar-refractivity contribution in [2.75, 3.05) is 24.2 Å². The second-order valence-electron chi connectivity index (χ2n) is 4.51. The van der Waals surface area contributed by atoms with Crippen LogP contribution in [0.15, 0.2) is 6.20 Å². The van der Waals surface area contributed by atoms with Gasteiger partial charge in [-0.3, -0.25) is 14.5 Å². The van der Waals surface area contributed by atoms with E-state index < -0.39 is 6.04 Å². The molecule has 0 bridgehead atoms. The maximum Gasteiger partial charge on any atom is 0.251 e. The topological polar surface area (TPSA) is 87.2 Å². The summed E-state index contributed by atoms with van der Waals surface area (Å²) in [6.07, 6.45) is 2.50. The second kappa shape index (κ2) is 6.04. The number of halogens is 1. The standard InChI is InChI=1S/C12H16ClN5O2/c1-3-4-14-12-15-6-7(13)10(17-12)16-8-5-9(19)18(2)11(8)20/h6,8H,3-5H2,1-2H3,(H2,14,15,16,17). The zero-order valence-electron chi connectivity index (χ0n) is 11.3. The number of rotatable bonds is 5. The fourth-order valence-corrected chi connectivity index (χ4v) is 1.97. The Balaban J connectivity index is 2.12. The summed E-state index contributed by atoms with van der Waals surface area (Å²) in [6.45, 7) is 2.77. The number of likely N-dealkylation sites (N-methyl/N-ethyl adjacent to an activating group) is 1. The Morgan fingerprint density at radius 3 is 2.85 bits per heavy atom. The summed E-state index contributed by atoms with van der Waals surface area (Å²) in [5.74, 6) is 0.278. The summed E-state index contributed by atoms with van der Waals surface area (Å²) in [6, 6.07) is -0.626. The number of hydrogen-bond acceptors (Lipinski definition) is 6. The van der Waals surface area contributed by atoms with E-state index in [0.717, 1.165) is 17.9 Å². The minimum atomic E-state index is -0.626. The predicted octanol–water partition coefficient (Wildman–Crippen LogP) is 1.12. The van der Waals surface area contributed by atoms with Crippen LogP contribution >= 0.6 is 11.6 Å². The average molecular weight is 298 g/mol. The number of aromatic nitrogens is 2. The third kappa shape index (κ3) is 2.98. The lowest BCUT2D eigenvalue weighted by Gasteiger charge is -2.13. The number of amides is 2. The van der Waals surface area contributed by atoms with E-state index in [9.17, 15) is 9.59 Å². The van der Waals surface area contributed by atoms with Crippen molar-refractivity contribution in [1.29, 1.82) is 0 Å². The van der Waals surface area contributed by atoms with E-state index >= 15 is 0 Å². The number of imide groups is 1. The molecule has 2 amide bonds. The van der Waals surface area contributed by atoms with Crippen molar-refractivity contribution < 1.29 is 9.59 Å². The highest BCUT2D eigenvalue weighted by molar-refractivity contribution is 6.32. The summed E-state index contributed by atoms with van der Waals surface area (Å²) in [5.41, 5.74) is 0. The van der Waals surface area contributed by atoms with E-state index in [2.05, 4.69) is 20.6 Å². The van der Waals surface area contributed by atoms with E-state index in [1.54, 1.807) is 0 Å². The van der Waals surface area contributed by atoms with Crippen molar-refractivity contribution in [2.24, 2.45) is 0 Å². The second-order valence-corrected chi connectivity index (χ2v) is 4.92. The minimum Gasteiger partial charge on any atom is -0.357 e. The molecule has 0 radical (unpaired) electrons. The first kappa shape index (κ1) is 14.5. The summed E-state index contributed by atoms with van der Waals surface area (Å²) in [7, 11) is 1.46. The van der Waals surface area contributed by atoms with Crippen LogP contribution in [0.4, 0.5) is 11.8 Å². The average Bonchev–Trinajstić information content (AvgIpc) is 2.67. The molecule has 8 heteroatoms. The van der Waals surface area contributed by atoms with Gasteiger partial charge in [-0.15, -0.1) is 0 Å².